The fourth-order valence-electron chi connectivity index (χ4n) is 2.33. The van der Waals surface area contributed by atoms with Crippen molar-refractivity contribution in [2.75, 3.05) is 0 Å². The fraction of sp³-hybridized carbons (Fsp3) is 0.333. The first-order chi connectivity index (χ1) is 9.61. The van der Waals surface area contributed by atoms with Crippen LogP contribution in [-0.2, 0) is 6.42 Å². The molecule has 0 aliphatic carbocycles. The Hall–Kier alpha value is -1.12. The van der Waals surface area contributed by atoms with E-state index in [1.54, 1.807) is 0 Å². The van der Waals surface area contributed by atoms with Gasteiger partial charge < -0.3 is 5.11 Å². The van der Waals surface area contributed by atoms with Crippen LogP contribution in [0.2, 0.25) is 0 Å². The van der Waals surface area contributed by atoms with Gasteiger partial charge >= 0.3 is 0 Å². The average Bonchev–Trinajstić information content (AvgIpc) is 2.47. The van der Waals surface area contributed by atoms with Crippen molar-refractivity contribution >= 4 is 15.9 Å². The van der Waals surface area contributed by atoms with Crippen LogP contribution in [0.5, 0.6) is 0 Å². The molecule has 1 atom stereocenters. The molecule has 0 saturated heterocycles. The summed E-state index contributed by atoms with van der Waals surface area (Å²) in [5.74, 6) is 0. The topological polar surface area (TPSA) is 20.2 Å². The van der Waals surface area contributed by atoms with Gasteiger partial charge in [-0.05, 0) is 54.2 Å². The SMILES string of the molecule is CCCCc1ccc(C(O)c2cc(Br)ccc2C)cc1. The summed E-state index contributed by atoms with van der Waals surface area (Å²) in [7, 11) is 0. The molecule has 0 radical (unpaired) electrons. The Bertz CT molecular complexity index is 560. The first-order valence-corrected chi connectivity index (χ1v) is 7.94. The summed E-state index contributed by atoms with van der Waals surface area (Å²) in [5.41, 5.74) is 4.36. The molecule has 2 aromatic carbocycles. The monoisotopic (exact) mass is 332 g/mol. The Morgan fingerprint density at radius 3 is 2.45 bits per heavy atom. The van der Waals surface area contributed by atoms with Crippen molar-refractivity contribution in [3.8, 4) is 0 Å². The van der Waals surface area contributed by atoms with E-state index in [4.69, 9.17) is 0 Å². The molecule has 0 spiro atoms. The summed E-state index contributed by atoms with van der Waals surface area (Å²) in [5, 5.41) is 10.5. The third-order valence-electron chi connectivity index (χ3n) is 3.65. The van der Waals surface area contributed by atoms with Gasteiger partial charge in [0.05, 0.1) is 0 Å². The first-order valence-electron chi connectivity index (χ1n) is 7.14. The Labute approximate surface area is 129 Å². The zero-order valence-electron chi connectivity index (χ0n) is 12.1. The van der Waals surface area contributed by atoms with Gasteiger partial charge in [-0.3, -0.25) is 0 Å². The molecular weight excluding hydrogens is 312 g/mol. The molecule has 0 fully saturated rings. The van der Waals surface area contributed by atoms with E-state index < -0.39 is 6.10 Å². The van der Waals surface area contributed by atoms with E-state index in [1.165, 1.54) is 18.4 Å². The number of unbranched alkanes of at least 4 members (excludes halogenated alkanes) is 1. The van der Waals surface area contributed by atoms with E-state index >= 15 is 0 Å². The second kappa shape index (κ2) is 7.05. The van der Waals surface area contributed by atoms with Crippen molar-refractivity contribution in [1.82, 2.24) is 0 Å². The van der Waals surface area contributed by atoms with Crippen LogP contribution in [0.15, 0.2) is 46.9 Å². The van der Waals surface area contributed by atoms with Crippen LogP contribution in [0.1, 0.15) is 48.1 Å². The lowest BCUT2D eigenvalue weighted by atomic mass is 9.96. The average molecular weight is 333 g/mol. The molecule has 2 heteroatoms. The van der Waals surface area contributed by atoms with Gasteiger partial charge in [0, 0.05) is 4.47 Å². The van der Waals surface area contributed by atoms with Gasteiger partial charge in [0.25, 0.3) is 0 Å². The minimum absolute atomic E-state index is 0.562. The minimum atomic E-state index is -0.562. The lowest BCUT2D eigenvalue weighted by Crippen LogP contribution is -2.02. The van der Waals surface area contributed by atoms with Crippen LogP contribution in [0.3, 0.4) is 0 Å². The maximum Gasteiger partial charge on any atom is 0.104 e. The minimum Gasteiger partial charge on any atom is -0.384 e. The lowest BCUT2D eigenvalue weighted by molar-refractivity contribution is 0.219. The van der Waals surface area contributed by atoms with Gasteiger partial charge in [-0.2, -0.15) is 0 Å². The summed E-state index contributed by atoms with van der Waals surface area (Å²) < 4.78 is 0.997. The molecule has 2 rings (SSSR count). The highest BCUT2D eigenvalue weighted by Crippen LogP contribution is 2.27. The first kappa shape index (κ1) is 15.3. The number of hydrogen-bond donors (Lipinski definition) is 1. The molecule has 1 unspecified atom stereocenters. The molecule has 0 saturated carbocycles. The Kier molecular flexibility index (Phi) is 5.38. The normalized spacial score (nSPS) is 12.4. The van der Waals surface area contributed by atoms with Gasteiger partial charge in [0.2, 0.25) is 0 Å². The van der Waals surface area contributed by atoms with Crippen molar-refractivity contribution in [1.29, 1.82) is 0 Å². The van der Waals surface area contributed by atoms with Crippen LogP contribution < -0.4 is 0 Å². The van der Waals surface area contributed by atoms with Gasteiger partial charge in [0.1, 0.15) is 6.10 Å². The van der Waals surface area contributed by atoms with E-state index in [2.05, 4.69) is 35.0 Å². The highest BCUT2D eigenvalue weighted by molar-refractivity contribution is 9.10. The number of aryl methyl sites for hydroxylation is 2. The molecular formula is C18H21BrO. The summed E-state index contributed by atoms with van der Waals surface area (Å²) in [6, 6.07) is 14.3. The van der Waals surface area contributed by atoms with Gasteiger partial charge in [-0.15, -0.1) is 0 Å². The number of halogens is 1. The van der Waals surface area contributed by atoms with Crippen molar-refractivity contribution in [2.45, 2.75) is 39.2 Å². The van der Waals surface area contributed by atoms with Gasteiger partial charge in [-0.25, -0.2) is 0 Å². The number of benzene rings is 2. The summed E-state index contributed by atoms with van der Waals surface area (Å²) in [6.07, 6.45) is 2.98. The smallest absolute Gasteiger partial charge is 0.104 e. The molecule has 0 aliphatic heterocycles. The molecule has 1 nitrogen and oxygen atoms in total. The number of aliphatic hydroxyl groups is 1. The molecule has 2 aromatic rings. The van der Waals surface area contributed by atoms with Crippen molar-refractivity contribution in [3.63, 3.8) is 0 Å². The third-order valence-corrected chi connectivity index (χ3v) is 4.14. The van der Waals surface area contributed by atoms with Crippen molar-refractivity contribution < 1.29 is 5.11 Å². The Morgan fingerprint density at radius 1 is 1.10 bits per heavy atom. The maximum absolute atomic E-state index is 10.5. The number of hydrogen-bond acceptors (Lipinski definition) is 1. The Balaban J connectivity index is 2.20. The predicted molar refractivity (Wildman–Crippen MR) is 88.0 cm³/mol. The molecule has 0 amide bonds. The van der Waals surface area contributed by atoms with E-state index in [9.17, 15) is 5.11 Å². The molecule has 0 aromatic heterocycles. The highest BCUT2D eigenvalue weighted by Gasteiger charge is 2.13. The second-order valence-corrected chi connectivity index (χ2v) is 6.16. The van der Waals surface area contributed by atoms with E-state index in [1.807, 2.05) is 37.3 Å². The highest BCUT2D eigenvalue weighted by atomic mass is 79.9. The zero-order valence-corrected chi connectivity index (χ0v) is 13.7. The fourth-order valence-corrected chi connectivity index (χ4v) is 2.71. The largest absolute Gasteiger partial charge is 0.384 e. The van der Waals surface area contributed by atoms with E-state index in [0.717, 1.165) is 27.6 Å². The maximum atomic E-state index is 10.5. The molecule has 0 bridgehead atoms. The third kappa shape index (κ3) is 3.71. The molecule has 20 heavy (non-hydrogen) atoms. The summed E-state index contributed by atoms with van der Waals surface area (Å²) in [4.78, 5) is 0. The van der Waals surface area contributed by atoms with Gasteiger partial charge in [-0.1, -0.05) is 59.6 Å². The predicted octanol–water partition coefficient (Wildman–Crippen LogP) is 5.18. The summed E-state index contributed by atoms with van der Waals surface area (Å²) >= 11 is 3.47. The van der Waals surface area contributed by atoms with Crippen molar-refractivity contribution in [2.24, 2.45) is 0 Å². The molecule has 1 N–H and O–H groups in total. The number of aliphatic hydroxyl groups excluding tert-OH is 1. The van der Waals surface area contributed by atoms with Crippen LogP contribution in [0.25, 0.3) is 0 Å². The van der Waals surface area contributed by atoms with E-state index in [0.29, 0.717) is 0 Å². The second-order valence-electron chi connectivity index (χ2n) is 5.25. The van der Waals surface area contributed by atoms with Crippen LogP contribution >= 0.6 is 15.9 Å². The van der Waals surface area contributed by atoms with Crippen LogP contribution in [-0.4, -0.2) is 5.11 Å². The standard InChI is InChI=1S/C18H21BrO/c1-3-4-5-14-7-9-15(10-8-14)18(20)17-12-16(19)11-6-13(17)2/h6-12,18,20H,3-5H2,1-2H3. The zero-order chi connectivity index (χ0) is 14.5. The van der Waals surface area contributed by atoms with Crippen LogP contribution in [0, 0.1) is 6.92 Å². The molecule has 0 aliphatic rings. The Morgan fingerprint density at radius 2 is 1.80 bits per heavy atom. The van der Waals surface area contributed by atoms with Crippen LogP contribution in [0.4, 0.5) is 0 Å². The quantitative estimate of drug-likeness (QED) is 0.799. The summed E-state index contributed by atoms with van der Waals surface area (Å²) in [6.45, 7) is 4.23. The van der Waals surface area contributed by atoms with E-state index in [-0.39, 0.29) is 0 Å². The number of rotatable bonds is 5. The lowest BCUT2D eigenvalue weighted by Gasteiger charge is -2.15. The van der Waals surface area contributed by atoms with Crippen molar-refractivity contribution in [3.05, 3.63) is 69.2 Å². The molecule has 0 heterocycles. The molecule has 106 valence electrons. The van der Waals surface area contributed by atoms with Gasteiger partial charge in [0.15, 0.2) is 0 Å².